The molecular weight excluding hydrogens is 302 g/mol. The first-order valence-corrected chi connectivity index (χ1v) is 7.08. The second-order valence-corrected chi connectivity index (χ2v) is 6.05. The van der Waals surface area contributed by atoms with Gasteiger partial charge in [-0.15, -0.1) is 23.7 Å². The summed E-state index contributed by atoms with van der Waals surface area (Å²) in [6.45, 7) is 0. The maximum absolute atomic E-state index is 12.2. The molecule has 4 unspecified atom stereocenters. The van der Waals surface area contributed by atoms with Crippen LogP contribution >= 0.6 is 23.7 Å². The fourth-order valence-electron chi connectivity index (χ4n) is 3.21. The molecule has 7 heteroatoms. The minimum atomic E-state index is -1.05. The molecule has 0 aliphatic heterocycles. The quantitative estimate of drug-likeness (QED) is 0.857. The van der Waals surface area contributed by atoms with Gasteiger partial charge in [-0.3, -0.25) is 4.79 Å². The Bertz CT molecular complexity index is 520. The van der Waals surface area contributed by atoms with Crippen molar-refractivity contribution in [2.75, 3.05) is 7.11 Å². The average Bonchev–Trinajstić information content (AvgIpc) is 2.72. The molecule has 0 bridgehead atoms. The lowest BCUT2D eigenvalue weighted by atomic mass is 9.91. The van der Waals surface area contributed by atoms with Crippen LogP contribution in [0.15, 0.2) is 17.5 Å². The highest BCUT2D eigenvalue weighted by atomic mass is 35.5. The van der Waals surface area contributed by atoms with E-state index in [4.69, 9.17) is 15.2 Å². The van der Waals surface area contributed by atoms with Gasteiger partial charge in [-0.25, -0.2) is 4.79 Å². The van der Waals surface area contributed by atoms with Crippen molar-refractivity contribution < 1.29 is 19.1 Å². The zero-order valence-corrected chi connectivity index (χ0v) is 12.5. The molecule has 1 aromatic heterocycles. The second kappa shape index (κ2) is 5.35. The summed E-state index contributed by atoms with van der Waals surface area (Å²) in [5.41, 5.74) is 5.16. The average molecular weight is 318 g/mol. The summed E-state index contributed by atoms with van der Waals surface area (Å²) in [7, 11) is 1.36. The molecule has 1 aromatic rings. The molecule has 2 saturated carbocycles. The normalized spacial score (nSPS) is 33.8. The lowest BCUT2D eigenvalue weighted by Gasteiger charge is -2.24. The first kappa shape index (κ1) is 15.3. The van der Waals surface area contributed by atoms with Gasteiger partial charge in [0.1, 0.15) is 5.54 Å². The fraction of sp³-hybridized carbons (Fsp3) is 0.538. The molecule has 1 heterocycles. The Morgan fingerprint density at radius 3 is 2.85 bits per heavy atom. The number of thiophene rings is 1. The number of hydrogen-bond donors (Lipinski definition) is 1. The fourth-order valence-corrected chi connectivity index (χ4v) is 3.78. The third-order valence-electron chi connectivity index (χ3n) is 4.20. The van der Waals surface area contributed by atoms with Crippen molar-refractivity contribution in [3.05, 3.63) is 17.5 Å². The van der Waals surface area contributed by atoms with Crippen LogP contribution in [0, 0.1) is 17.8 Å². The molecule has 20 heavy (non-hydrogen) atoms. The highest BCUT2D eigenvalue weighted by molar-refractivity contribution is 7.11. The van der Waals surface area contributed by atoms with E-state index in [-0.39, 0.29) is 36.1 Å². The first-order chi connectivity index (χ1) is 9.08. The number of halogens is 1. The summed E-state index contributed by atoms with van der Waals surface area (Å²) in [5, 5.41) is 2.37. The summed E-state index contributed by atoms with van der Waals surface area (Å²) in [5.74, 6) is -0.900. The van der Waals surface area contributed by atoms with Gasteiger partial charge in [0.25, 0.3) is 0 Å². The van der Waals surface area contributed by atoms with Gasteiger partial charge in [-0.1, -0.05) is 0 Å². The van der Waals surface area contributed by atoms with Crippen LogP contribution in [0.25, 0.3) is 0 Å². The number of hydrogen-bond acceptors (Lipinski definition) is 6. The number of carbonyl (C=O) groups is 2. The van der Waals surface area contributed by atoms with E-state index in [1.807, 2.05) is 11.4 Å². The van der Waals surface area contributed by atoms with Crippen molar-refractivity contribution in [2.24, 2.45) is 23.5 Å². The number of carbonyl (C=O) groups excluding carboxylic acids is 2. The van der Waals surface area contributed by atoms with Crippen molar-refractivity contribution in [3.63, 3.8) is 0 Å². The van der Waals surface area contributed by atoms with E-state index in [0.29, 0.717) is 11.5 Å². The van der Waals surface area contributed by atoms with Crippen LogP contribution in [0.2, 0.25) is 0 Å². The van der Waals surface area contributed by atoms with Gasteiger partial charge in [0.2, 0.25) is 0 Å². The lowest BCUT2D eigenvalue weighted by molar-refractivity contribution is -0.145. The highest BCUT2D eigenvalue weighted by Gasteiger charge is 2.70. The van der Waals surface area contributed by atoms with Crippen LogP contribution in [-0.4, -0.2) is 24.6 Å². The van der Waals surface area contributed by atoms with Crippen LogP contribution in [0.5, 0.6) is 5.06 Å². The van der Waals surface area contributed by atoms with Crippen molar-refractivity contribution in [3.8, 4) is 5.06 Å². The van der Waals surface area contributed by atoms with Crippen LogP contribution in [0.1, 0.15) is 12.8 Å². The molecule has 2 aliphatic carbocycles. The minimum Gasteiger partial charge on any atom is -0.469 e. The van der Waals surface area contributed by atoms with E-state index >= 15 is 0 Å². The number of esters is 2. The minimum absolute atomic E-state index is 0. The Hall–Kier alpha value is -1.11. The SMILES string of the molecule is COC(=O)C1C2CCC(N)(C(=O)Oc3cccs3)C21.Cl. The molecule has 5 nitrogen and oxygen atoms in total. The van der Waals surface area contributed by atoms with E-state index in [9.17, 15) is 9.59 Å². The van der Waals surface area contributed by atoms with E-state index in [1.54, 1.807) is 6.07 Å². The number of methoxy groups -OCH3 is 1. The Morgan fingerprint density at radius 2 is 2.25 bits per heavy atom. The smallest absolute Gasteiger partial charge is 0.332 e. The van der Waals surface area contributed by atoms with Crippen molar-refractivity contribution in [1.82, 2.24) is 0 Å². The number of ether oxygens (including phenoxy) is 2. The van der Waals surface area contributed by atoms with Gasteiger partial charge in [-0.2, -0.15) is 0 Å². The molecule has 0 amide bonds. The topological polar surface area (TPSA) is 78.6 Å². The van der Waals surface area contributed by atoms with Gasteiger partial charge >= 0.3 is 11.9 Å². The predicted octanol–water partition coefficient (Wildman–Crippen LogP) is 1.60. The maximum Gasteiger partial charge on any atom is 0.332 e. The van der Waals surface area contributed by atoms with Crippen LogP contribution in [0.3, 0.4) is 0 Å². The summed E-state index contributed by atoms with van der Waals surface area (Å²) in [6.07, 6.45) is 1.35. The predicted molar refractivity (Wildman–Crippen MR) is 75.8 cm³/mol. The van der Waals surface area contributed by atoms with Gasteiger partial charge in [0, 0.05) is 5.92 Å². The third-order valence-corrected chi connectivity index (χ3v) is 4.94. The molecule has 110 valence electrons. The Labute approximate surface area is 126 Å². The Balaban J connectivity index is 0.00000147. The molecule has 0 spiro atoms. The highest BCUT2D eigenvalue weighted by Crippen LogP contribution is 2.62. The Kier molecular flexibility index (Phi) is 4.09. The summed E-state index contributed by atoms with van der Waals surface area (Å²) in [4.78, 5) is 23.8. The van der Waals surface area contributed by atoms with Gasteiger partial charge in [-0.05, 0) is 36.3 Å². The van der Waals surface area contributed by atoms with E-state index in [0.717, 1.165) is 6.42 Å². The largest absolute Gasteiger partial charge is 0.469 e. The second-order valence-electron chi connectivity index (χ2n) is 5.14. The van der Waals surface area contributed by atoms with E-state index < -0.39 is 11.5 Å². The van der Waals surface area contributed by atoms with Gasteiger partial charge < -0.3 is 15.2 Å². The standard InChI is InChI=1S/C13H15NO4S.ClH/c1-17-11(15)9-7-4-5-13(14,10(7)9)12(16)18-8-3-2-6-19-8;/h2-3,6-7,9-10H,4-5,14H2,1H3;1H. The summed E-state index contributed by atoms with van der Waals surface area (Å²) >= 11 is 1.34. The zero-order chi connectivity index (χ0) is 13.6. The molecule has 2 aliphatic rings. The van der Waals surface area contributed by atoms with Crippen LogP contribution in [-0.2, 0) is 14.3 Å². The number of nitrogens with two attached hydrogens (primary N) is 1. The molecule has 3 rings (SSSR count). The lowest BCUT2D eigenvalue weighted by Crippen LogP contribution is -2.51. The monoisotopic (exact) mass is 317 g/mol. The third kappa shape index (κ3) is 2.21. The molecule has 0 saturated heterocycles. The van der Waals surface area contributed by atoms with Crippen LogP contribution < -0.4 is 10.5 Å². The summed E-state index contributed by atoms with van der Waals surface area (Å²) < 4.78 is 10.0. The molecule has 2 N–H and O–H groups in total. The summed E-state index contributed by atoms with van der Waals surface area (Å²) in [6, 6.07) is 3.53. The van der Waals surface area contributed by atoms with Crippen molar-refractivity contribution in [1.29, 1.82) is 0 Å². The first-order valence-electron chi connectivity index (χ1n) is 6.20. The number of fused-ring (bicyclic) bond motifs is 1. The Morgan fingerprint density at radius 1 is 1.50 bits per heavy atom. The molecule has 2 fully saturated rings. The van der Waals surface area contributed by atoms with Gasteiger partial charge in [0.15, 0.2) is 5.06 Å². The van der Waals surface area contributed by atoms with E-state index in [2.05, 4.69) is 0 Å². The number of rotatable bonds is 3. The molecule has 4 atom stereocenters. The van der Waals surface area contributed by atoms with Crippen molar-refractivity contribution in [2.45, 2.75) is 18.4 Å². The van der Waals surface area contributed by atoms with Crippen molar-refractivity contribution >= 4 is 35.7 Å². The molecule has 0 aromatic carbocycles. The van der Waals surface area contributed by atoms with Crippen LogP contribution in [0.4, 0.5) is 0 Å². The van der Waals surface area contributed by atoms with Gasteiger partial charge in [0.05, 0.1) is 13.0 Å². The maximum atomic E-state index is 12.2. The molecular formula is C13H16ClNO4S. The molecule has 0 radical (unpaired) electrons. The van der Waals surface area contributed by atoms with E-state index in [1.165, 1.54) is 18.4 Å². The zero-order valence-electron chi connectivity index (χ0n) is 10.9.